The van der Waals surface area contributed by atoms with Crippen molar-refractivity contribution in [2.75, 3.05) is 26.2 Å². The van der Waals surface area contributed by atoms with Crippen molar-refractivity contribution < 1.29 is 5.21 Å². The van der Waals surface area contributed by atoms with Gasteiger partial charge < -0.3 is 16.3 Å². The Morgan fingerprint density at radius 3 is 2.60 bits per heavy atom. The molecular weight excluding hydrogens is 252 g/mol. The van der Waals surface area contributed by atoms with Crippen molar-refractivity contribution >= 4 is 5.84 Å². The molecule has 1 unspecified atom stereocenters. The topological polar surface area (TPSA) is 73.9 Å². The Kier molecular flexibility index (Phi) is 7.30. The van der Waals surface area contributed by atoms with E-state index in [1.807, 2.05) is 13.8 Å². The summed E-state index contributed by atoms with van der Waals surface area (Å²) in [6.07, 6.45) is 6.04. The number of amidine groups is 1. The molecule has 1 saturated heterocycles. The molecule has 0 amide bonds. The van der Waals surface area contributed by atoms with E-state index in [0.717, 1.165) is 25.9 Å². The van der Waals surface area contributed by atoms with Gasteiger partial charge in [-0.05, 0) is 52.2 Å². The van der Waals surface area contributed by atoms with Crippen molar-refractivity contribution in [3.05, 3.63) is 0 Å². The fourth-order valence-electron chi connectivity index (χ4n) is 2.72. The van der Waals surface area contributed by atoms with Crippen LogP contribution in [0.1, 0.15) is 52.9 Å². The van der Waals surface area contributed by atoms with E-state index < -0.39 is 0 Å². The minimum absolute atomic E-state index is 0.227. The van der Waals surface area contributed by atoms with E-state index in [1.165, 1.54) is 32.4 Å². The van der Waals surface area contributed by atoms with E-state index in [2.05, 4.69) is 22.3 Å². The second-order valence-electron chi connectivity index (χ2n) is 6.62. The molecule has 1 heterocycles. The smallest absolute Gasteiger partial charge is 0.144 e. The second kappa shape index (κ2) is 8.47. The summed E-state index contributed by atoms with van der Waals surface area (Å²) in [5.41, 5.74) is 5.46. The van der Waals surface area contributed by atoms with Gasteiger partial charge in [0.2, 0.25) is 0 Å². The highest BCUT2D eigenvalue weighted by atomic mass is 16.4. The minimum atomic E-state index is -0.227. The van der Waals surface area contributed by atoms with Crippen molar-refractivity contribution in [1.82, 2.24) is 10.2 Å². The quantitative estimate of drug-likeness (QED) is 0.209. The predicted molar refractivity (Wildman–Crippen MR) is 84.2 cm³/mol. The van der Waals surface area contributed by atoms with E-state index in [-0.39, 0.29) is 5.41 Å². The van der Waals surface area contributed by atoms with Gasteiger partial charge in [-0.3, -0.25) is 4.90 Å². The average Bonchev–Trinajstić information content (AvgIpc) is 2.46. The Morgan fingerprint density at radius 2 is 2.00 bits per heavy atom. The average molecular weight is 284 g/mol. The van der Waals surface area contributed by atoms with Crippen molar-refractivity contribution in [1.29, 1.82) is 0 Å². The Morgan fingerprint density at radius 1 is 1.35 bits per heavy atom. The van der Waals surface area contributed by atoms with Crippen LogP contribution in [0.15, 0.2) is 5.16 Å². The fraction of sp³-hybridized carbons (Fsp3) is 0.933. The Balaban J connectivity index is 2.12. The van der Waals surface area contributed by atoms with Crippen LogP contribution in [0.25, 0.3) is 0 Å². The van der Waals surface area contributed by atoms with Crippen LogP contribution in [0.3, 0.4) is 0 Å². The number of nitrogens with two attached hydrogens (primary N) is 1. The summed E-state index contributed by atoms with van der Waals surface area (Å²) in [4.78, 5) is 2.58. The predicted octanol–water partition coefficient (Wildman–Crippen LogP) is 2.00. The molecule has 0 spiro atoms. The van der Waals surface area contributed by atoms with Crippen molar-refractivity contribution in [2.24, 2.45) is 16.3 Å². The van der Waals surface area contributed by atoms with E-state index in [1.54, 1.807) is 0 Å². The van der Waals surface area contributed by atoms with E-state index in [4.69, 9.17) is 10.9 Å². The number of hydrogen-bond acceptors (Lipinski definition) is 4. The van der Waals surface area contributed by atoms with Gasteiger partial charge in [0.25, 0.3) is 0 Å². The molecule has 0 aromatic rings. The molecule has 1 rings (SSSR count). The molecule has 118 valence electrons. The van der Waals surface area contributed by atoms with Gasteiger partial charge in [-0.25, -0.2) is 0 Å². The van der Waals surface area contributed by atoms with Crippen LogP contribution in [0.5, 0.6) is 0 Å². The Hall–Kier alpha value is -0.810. The number of rotatable bonds is 8. The Bertz CT molecular complexity index is 298. The molecule has 1 atom stereocenters. The zero-order chi connectivity index (χ0) is 15.0. The summed E-state index contributed by atoms with van der Waals surface area (Å²) in [5.74, 6) is 0.319. The van der Waals surface area contributed by atoms with Crippen LogP contribution >= 0.6 is 0 Å². The molecule has 1 aliphatic heterocycles. The zero-order valence-electron chi connectivity index (χ0n) is 13.4. The lowest BCUT2D eigenvalue weighted by molar-refractivity contribution is 0.170. The van der Waals surface area contributed by atoms with Crippen LogP contribution < -0.4 is 11.1 Å². The first kappa shape index (κ1) is 17.2. The summed E-state index contributed by atoms with van der Waals surface area (Å²) in [6.45, 7) is 10.9. The molecule has 0 radical (unpaired) electrons. The first-order valence-electron chi connectivity index (χ1n) is 7.90. The number of piperidine rings is 1. The molecule has 0 aromatic carbocycles. The molecule has 1 aliphatic rings. The summed E-state index contributed by atoms with van der Waals surface area (Å²) in [6, 6.07) is 0.618. The van der Waals surface area contributed by atoms with Crippen LogP contribution in [0.2, 0.25) is 0 Å². The number of nitrogens with one attached hydrogen (secondary N) is 1. The van der Waals surface area contributed by atoms with Gasteiger partial charge in [-0.2, -0.15) is 0 Å². The maximum atomic E-state index is 8.73. The van der Waals surface area contributed by atoms with Gasteiger partial charge in [0.15, 0.2) is 0 Å². The number of nitrogens with zero attached hydrogens (tertiary/aromatic N) is 2. The standard InChI is InChI=1S/C15H32N4O/c1-13(19-10-5-4-6-11-19)12-17-9-7-8-15(2,3)14(16)18-20/h13,17,20H,4-12H2,1-3H3,(H2,16,18). The van der Waals surface area contributed by atoms with Gasteiger partial charge in [-0.1, -0.05) is 25.4 Å². The highest BCUT2D eigenvalue weighted by Crippen LogP contribution is 2.21. The van der Waals surface area contributed by atoms with E-state index in [9.17, 15) is 0 Å². The third kappa shape index (κ3) is 5.67. The summed E-state index contributed by atoms with van der Waals surface area (Å²) in [5, 5.41) is 15.4. The largest absolute Gasteiger partial charge is 0.409 e. The van der Waals surface area contributed by atoms with Gasteiger partial charge in [0.05, 0.1) is 0 Å². The van der Waals surface area contributed by atoms with Gasteiger partial charge in [-0.15, -0.1) is 0 Å². The lowest BCUT2D eigenvalue weighted by Gasteiger charge is -2.32. The number of oxime groups is 1. The van der Waals surface area contributed by atoms with Crippen molar-refractivity contribution in [3.63, 3.8) is 0 Å². The maximum absolute atomic E-state index is 8.73. The highest BCUT2D eigenvalue weighted by Gasteiger charge is 2.22. The van der Waals surface area contributed by atoms with Gasteiger partial charge in [0.1, 0.15) is 5.84 Å². The molecule has 5 heteroatoms. The SMILES string of the molecule is CC(CNCCCC(C)(C)C(N)=NO)N1CCCCC1. The van der Waals surface area contributed by atoms with Crippen LogP contribution in [0.4, 0.5) is 0 Å². The van der Waals surface area contributed by atoms with Crippen molar-refractivity contribution in [3.8, 4) is 0 Å². The molecule has 4 N–H and O–H groups in total. The zero-order valence-corrected chi connectivity index (χ0v) is 13.4. The molecular formula is C15H32N4O. The molecule has 0 saturated carbocycles. The first-order valence-corrected chi connectivity index (χ1v) is 7.90. The molecule has 5 nitrogen and oxygen atoms in total. The van der Waals surface area contributed by atoms with Gasteiger partial charge in [0, 0.05) is 18.0 Å². The third-order valence-electron chi connectivity index (χ3n) is 4.41. The summed E-state index contributed by atoms with van der Waals surface area (Å²) >= 11 is 0. The van der Waals surface area contributed by atoms with Gasteiger partial charge >= 0.3 is 0 Å². The summed E-state index contributed by atoms with van der Waals surface area (Å²) < 4.78 is 0. The Labute approximate surface area is 123 Å². The molecule has 0 bridgehead atoms. The van der Waals surface area contributed by atoms with Crippen LogP contribution in [-0.2, 0) is 0 Å². The molecule has 1 fully saturated rings. The third-order valence-corrected chi connectivity index (χ3v) is 4.41. The normalized spacial score (nSPS) is 20.1. The number of hydrogen-bond donors (Lipinski definition) is 3. The minimum Gasteiger partial charge on any atom is -0.409 e. The lowest BCUT2D eigenvalue weighted by atomic mass is 9.86. The van der Waals surface area contributed by atoms with Crippen LogP contribution in [0, 0.1) is 5.41 Å². The van der Waals surface area contributed by atoms with Crippen LogP contribution in [-0.4, -0.2) is 48.2 Å². The monoisotopic (exact) mass is 284 g/mol. The fourth-order valence-corrected chi connectivity index (χ4v) is 2.72. The maximum Gasteiger partial charge on any atom is 0.144 e. The van der Waals surface area contributed by atoms with E-state index in [0.29, 0.717) is 11.9 Å². The van der Waals surface area contributed by atoms with Crippen molar-refractivity contribution in [2.45, 2.75) is 58.9 Å². The molecule has 0 aromatic heterocycles. The first-order chi connectivity index (χ1) is 9.47. The molecule has 0 aliphatic carbocycles. The second-order valence-corrected chi connectivity index (χ2v) is 6.62. The highest BCUT2D eigenvalue weighted by molar-refractivity contribution is 5.85. The lowest BCUT2D eigenvalue weighted by Crippen LogP contribution is -2.43. The molecule has 20 heavy (non-hydrogen) atoms. The number of likely N-dealkylation sites (tertiary alicyclic amines) is 1. The van der Waals surface area contributed by atoms with E-state index >= 15 is 0 Å². The summed E-state index contributed by atoms with van der Waals surface area (Å²) in [7, 11) is 0.